The third-order valence-corrected chi connectivity index (χ3v) is 4.78. The number of ether oxygens (including phenoxy) is 2. The van der Waals surface area contributed by atoms with E-state index in [9.17, 15) is 0 Å². The Morgan fingerprint density at radius 3 is 2.57 bits per heavy atom. The van der Waals surface area contributed by atoms with Gasteiger partial charge in [-0.1, -0.05) is 65.2 Å². The molecule has 30 heavy (non-hydrogen) atoms. The molecule has 0 fully saturated rings. The maximum Gasteiger partial charge on any atom is 0.263 e. The van der Waals surface area contributed by atoms with Crippen LogP contribution in [0.1, 0.15) is 11.1 Å². The van der Waals surface area contributed by atoms with E-state index in [1.165, 1.54) is 0 Å². The minimum atomic E-state index is 0.372. The molecule has 0 aliphatic heterocycles. The Morgan fingerprint density at radius 2 is 1.80 bits per heavy atom. The molecule has 0 saturated carbocycles. The summed E-state index contributed by atoms with van der Waals surface area (Å²) in [4.78, 5) is 0. The van der Waals surface area contributed by atoms with Crippen LogP contribution in [0.2, 0.25) is 5.02 Å². The van der Waals surface area contributed by atoms with Crippen LogP contribution in [0.3, 0.4) is 0 Å². The van der Waals surface area contributed by atoms with Gasteiger partial charge < -0.3 is 14.8 Å². The van der Waals surface area contributed by atoms with E-state index in [0.29, 0.717) is 35.6 Å². The lowest BCUT2D eigenvalue weighted by molar-refractivity contribution is 0.284. The number of methoxy groups -OCH3 is 1. The second-order valence-electron chi connectivity index (χ2n) is 6.55. The number of aromatic amines is 1. The molecule has 4 rings (SSSR count). The fourth-order valence-corrected chi connectivity index (χ4v) is 3.35. The highest BCUT2D eigenvalue weighted by molar-refractivity contribution is 6.32. The van der Waals surface area contributed by atoms with Gasteiger partial charge >= 0.3 is 0 Å². The smallest absolute Gasteiger partial charge is 0.263 e. The van der Waals surface area contributed by atoms with Gasteiger partial charge in [-0.15, -0.1) is 5.10 Å². The molecular formula is C22H20ClN5O2. The average molecular weight is 422 g/mol. The number of nitrogens with zero attached hydrogens (tertiary/aromatic N) is 3. The highest BCUT2D eigenvalue weighted by Crippen LogP contribution is 2.37. The normalized spacial score (nSPS) is 10.6. The zero-order chi connectivity index (χ0) is 20.8. The zero-order valence-electron chi connectivity index (χ0n) is 16.3. The largest absolute Gasteiger partial charge is 0.493 e. The first-order valence-electron chi connectivity index (χ1n) is 9.34. The Balaban J connectivity index is 1.48. The first kappa shape index (κ1) is 19.7. The SMILES string of the molecule is COc1cc(CNc2nn[nH]n2)cc(Cl)c1OCc1cccc(-c2ccccc2)c1. The summed E-state index contributed by atoms with van der Waals surface area (Å²) in [6, 6.07) is 22.2. The average Bonchev–Trinajstić information content (AvgIpc) is 3.31. The third kappa shape index (κ3) is 4.69. The molecule has 0 radical (unpaired) electrons. The molecular weight excluding hydrogens is 402 g/mol. The van der Waals surface area contributed by atoms with Crippen LogP contribution in [-0.4, -0.2) is 27.7 Å². The Morgan fingerprint density at radius 1 is 0.967 bits per heavy atom. The van der Waals surface area contributed by atoms with Crippen LogP contribution in [0.15, 0.2) is 66.7 Å². The molecule has 0 amide bonds. The summed E-state index contributed by atoms with van der Waals surface area (Å²) < 4.78 is 11.5. The Hall–Kier alpha value is -3.58. The summed E-state index contributed by atoms with van der Waals surface area (Å²) in [7, 11) is 1.59. The van der Waals surface area contributed by atoms with Crippen molar-refractivity contribution in [3.05, 3.63) is 82.9 Å². The van der Waals surface area contributed by atoms with Gasteiger partial charge in [0, 0.05) is 6.54 Å². The van der Waals surface area contributed by atoms with Crippen molar-refractivity contribution in [3.8, 4) is 22.6 Å². The fraction of sp³-hybridized carbons (Fsp3) is 0.136. The van der Waals surface area contributed by atoms with Crippen LogP contribution in [0, 0.1) is 0 Å². The van der Waals surface area contributed by atoms with Crippen molar-refractivity contribution in [1.29, 1.82) is 0 Å². The summed E-state index contributed by atoms with van der Waals surface area (Å²) in [6.07, 6.45) is 0. The number of benzene rings is 3. The summed E-state index contributed by atoms with van der Waals surface area (Å²) >= 11 is 6.48. The van der Waals surface area contributed by atoms with Crippen LogP contribution in [-0.2, 0) is 13.2 Å². The monoisotopic (exact) mass is 421 g/mol. The van der Waals surface area contributed by atoms with E-state index >= 15 is 0 Å². The zero-order valence-corrected chi connectivity index (χ0v) is 17.1. The molecule has 2 N–H and O–H groups in total. The van der Waals surface area contributed by atoms with Crippen molar-refractivity contribution >= 4 is 17.5 Å². The second kappa shape index (κ2) is 9.28. The van der Waals surface area contributed by atoms with Gasteiger partial charge in [0.1, 0.15) is 6.61 Å². The third-order valence-electron chi connectivity index (χ3n) is 4.50. The first-order chi connectivity index (χ1) is 14.7. The molecule has 0 aliphatic rings. The summed E-state index contributed by atoms with van der Waals surface area (Å²) in [6.45, 7) is 0.840. The van der Waals surface area contributed by atoms with E-state index in [-0.39, 0.29) is 0 Å². The predicted molar refractivity (Wildman–Crippen MR) is 116 cm³/mol. The lowest BCUT2D eigenvalue weighted by Crippen LogP contribution is -2.03. The van der Waals surface area contributed by atoms with Crippen LogP contribution < -0.4 is 14.8 Å². The maximum absolute atomic E-state index is 6.48. The quantitative estimate of drug-likeness (QED) is 0.428. The molecule has 4 aromatic rings. The van der Waals surface area contributed by atoms with Crippen molar-refractivity contribution in [2.45, 2.75) is 13.2 Å². The van der Waals surface area contributed by atoms with E-state index in [0.717, 1.165) is 22.3 Å². The number of rotatable bonds is 8. The molecule has 0 unspecified atom stereocenters. The number of tetrazole rings is 1. The molecule has 3 aromatic carbocycles. The maximum atomic E-state index is 6.48. The molecule has 0 saturated heterocycles. The Kier molecular flexibility index (Phi) is 6.10. The van der Waals surface area contributed by atoms with Gasteiger partial charge in [0.25, 0.3) is 5.95 Å². The highest BCUT2D eigenvalue weighted by Gasteiger charge is 2.13. The number of hydrogen-bond donors (Lipinski definition) is 2. The molecule has 0 spiro atoms. The molecule has 7 nitrogen and oxygen atoms in total. The van der Waals surface area contributed by atoms with Crippen LogP contribution in [0.5, 0.6) is 11.5 Å². The van der Waals surface area contributed by atoms with Crippen molar-refractivity contribution in [1.82, 2.24) is 20.6 Å². The van der Waals surface area contributed by atoms with Gasteiger partial charge in [-0.05, 0) is 45.7 Å². The lowest BCUT2D eigenvalue weighted by Gasteiger charge is -2.15. The van der Waals surface area contributed by atoms with Crippen molar-refractivity contribution in [3.63, 3.8) is 0 Å². The topological polar surface area (TPSA) is 85.0 Å². The van der Waals surface area contributed by atoms with E-state index in [1.54, 1.807) is 7.11 Å². The molecule has 1 aromatic heterocycles. The minimum Gasteiger partial charge on any atom is -0.493 e. The molecule has 152 valence electrons. The van der Waals surface area contributed by atoms with Gasteiger partial charge in [-0.25, -0.2) is 0 Å². The number of halogens is 1. The van der Waals surface area contributed by atoms with E-state index in [2.05, 4.69) is 50.2 Å². The summed E-state index contributed by atoms with van der Waals surface area (Å²) in [5.74, 6) is 1.47. The van der Waals surface area contributed by atoms with Crippen molar-refractivity contribution in [2.24, 2.45) is 0 Å². The van der Waals surface area contributed by atoms with Gasteiger partial charge in [0.05, 0.1) is 12.1 Å². The summed E-state index contributed by atoms with van der Waals surface area (Å²) in [5, 5.41) is 17.1. The summed E-state index contributed by atoms with van der Waals surface area (Å²) in [5.41, 5.74) is 4.24. The van der Waals surface area contributed by atoms with E-state index < -0.39 is 0 Å². The first-order valence-corrected chi connectivity index (χ1v) is 9.71. The highest BCUT2D eigenvalue weighted by atomic mass is 35.5. The molecule has 0 bridgehead atoms. The molecule has 0 atom stereocenters. The van der Waals surface area contributed by atoms with Gasteiger partial charge in [0.2, 0.25) is 0 Å². The fourth-order valence-electron chi connectivity index (χ4n) is 3.06. The number of aromatic nitrogens is 4. The van der Waals surface area contributed by atoms with Gasteiger partial charge in [-0.2, -0.15) is 5.21 Å². The van der Waals surface area contributed by atoms with Crippen LogP contribution >= 0.6 is 11.6 Å². The molecule has 8 heteroatoms. The number of anilines is 1. The second-order valence-corrected chi connectivity index (χ2v) is 6.96. The molecule has 1 heterocycles. The predicted octanol–water partition coefficient (Wildman–Crippen LogP) is 4.72. The Labute approximate surface area is 179 Å². The number of H-pyrrole nitrogens is 1. The van der Waals surface area contributed by atoms with E-state index in [1.807, 2.05) is 42.5 Å². The van der Waals surface area contributed by atoms with Crippen LogP contribution in [0.25, 0.3) is 11.1 Å². The van der Waals surface area contributed by atoms with Crippen LogP contribution in [0.4, 0.5) is 5.95 Å². The number of hydrogen-bond acceptors (Lipinski definition) is 6. The standard InChI is InChI=1S/C22H20ClN5O2/c1-29-20-12-16(13-24-22-25-27-28-26-22)11-19(23)21(20)30-14-15-6-5-9-18(10-15)17-7-3-2-4-8-17/h2-12H,13-14H2,1H3,(H2,24,25,26,27,28). The van der Waals surface area contributed by atoms with Crippen molar-refractivity contribution < 1.29 is 9.47 Å². The lowest BCUT2D eigenvalue weighted by atomic mass is 10.0. The van der Waals surface area contributed by atoms with Crippen molar-refractivity contribution in [2.75, 3.05) is 12.4 Å². The minimum absolute atomic E-state index is 0.372. The van der Waals surface area contributed by atoms with Gasteiger partial charge in [-0.3, -0.25) is 0 Å². The van der Waals surface area contributed by atoms with E-state index in [4.69, 9.17) is 21.1 Å². The Bertz CT molecular complexity index is 1100. The van der Waals surface area contributed by atoms with Gasteiger partial charge in [0.15, 0.2) is 11.5 Å². The molecule has 0 aliphatic carbocycles. The number of nitrogens with one attached hydrogen (secondary N) is 2.